The molecule has 0 unspecified atom stereocenters. The summed E-state index contributed by atoms with van der Waals surface area (Å²) in [6.45, 7) is 11.6. The van der Waals surface area contributed by atoms with Gasteiger partial charge in [-0.2, -0.15) is 0 Å². The van der Waals surface area contributed by atoms with Crippen molar-refractivity contribution in [2.24, 2.45) is 0 Å². The maximum absolute atomic E-state index is 5.51. The Bertz CT molecular complexity index is 307. The smallest absolute Gasteiger partial charge is 0.127 e. The Labute approximate surface area is 93.1 Å². The topological polar surface area (TPSA) is 9.23 Å². The molecule has 0 saturated heterocycles. The van der Waals surface area contributed by atoms with Crippen molar-refractivity contribution in [2.45, 2.75) is 27.7 Å². The van der Waals surface area contributed by atoms with E-state index in [-0.39, 0.29) is 0 Å². The van der Waals surface area contributed by atoms with Crippen LogP contribution in [0.25, 0.3) is 0 Å². The van der Waals surface area contributed by atoms with E-state index in [0.29, 0.717) is 0 Å². The molecule has 15 heavy (non-hydrogen) atoms. The summed E-state index contributed by atoms with van der Waals surface area (Å²) in [7, 11) is 0. The van der Waals surface area contributed by atoms with Crippen LogP contribution in [0, 0.1) is 6.92 Å². The lowest BCUT2D eigenvalue weighted by Gasteiger charge is -2.05. The van der Waals surface area contributed by atoms with Crippen molar-refractivity contribution in [3.8, 4) is 5.75 Å². The molecule has 1 aromatic rings. The van der Waals surface area contributed by atoms with Crippen molar-refractivity contribution in [3.05, 3.63) is 54.3 Å². The first-order valence-electron chi connectivity index (χ1n) is 5.29. The van der Waals surface area contributed by atoms with Crippen molar-refractivity contribution >= 4 is 0 Å². The summed E-state index contributed by atoms with van der Waals surface area (Å²) in [6.07, 6.45) is 3.58. The van der Waals surface area contributed by atoms with Gasteiger partial charge in [-0.3, -0.25) is 0 Å². The molecule has 1 nitrogen and oxygen atoms in total. The van der Waals surface area contributed by atoms with E-state index in [2.05, 4.69) is 6.58 Å². The number of benzene rings is 1. The summed E-state index contributed by atoms with van der Waals surface area (Å²) >= 11 is 0. The van der Waals surface area contributed by atoms with Crippen LogP contribution in [0.2, 0.25) is 0 Å². The van der Waals surface area contributed by atoms with E-state index >= 15 is 0 Å². The molecule has 0 aromatic heterocycles. The highest BCUT2D eigenvalue weighted by atomic mass is 16.5. The van der Waals surface area contributed by atoms with Crippen LogP contribution in [-0.4, -0.2) is 0 Å². The fraction of sp³-hybridized carbons (Fsp3) is 0.286. The minimum Gasteiger partial charge on any atom is -0.458 e. The van der Waals surface area contributed by atoms with E-state index in [1.807, 2.05) is 58.0 Å². The first-order valence-corrected chi connectivity index (χ1v) is 5.29. The second-order valence-corrected chi connectivity index (χ2v) is 2.81. The Morgan fingerprint density at radius 2 is 1.73 bits per heavy atom. The second kappa shape index (κ2) is 7.86. The molecule has 0 aliphatic carbocycles. The molecule has 0 bridgehead atoms. The van der Waals surface area contributed by atoms with Crippen LogP contribution in [0.5, 0.6) is 5.75 Å². The van der Waals surface area contributed by atoms with E-state index in [9.17, 15) is 0 Å². The quantitative estimate of drug-likeness (QED) is 0.520. The molecule has 0 heterocycles. The van der Waals surface area contributed by atoms with Crippen molar-refractivity contribution in [1.82, 2.24) is 0 Å². The number of hydrogen-bond acceptors (Lipinski definition) is 1. The highest BCUT2D eigenvalue weighted by Gasteiger charge is 1.94. The van der Waals surface area contributed by atoms with Gasteiger partial charge in [0.1, 0.15) is 11.5 Å². The molecule has 1 heteroatoms. The van der Waals surface area contributed by atoms with Gasteiger partial charge in [-0.15, -0.1) is 0 Å². The van der Waals surface area contributed by atoms with Gasteiger partial charge in [-0.25, -0.2) is 0 Å². The summed E-state index contributed by atoms with van der Waals surface area (Å²) in [6, 6.07) is 7.93. The zero-order valence-corrected chi connectivity index (χ0v) is 10.1. The monoisotopic (exact) mass is 204 g/mol. The summed E-state index contributed by atoms with van der Waals surface area (Å²) < 4.78 is 5.51. The standard InChI is InChI=1S/C12H14O.C2H6/c1-4-11(5-2)13-12-8-6-10(3)7-9-12;1-2/h4-9H,1H2,2-3H3;1-2H3/b11-5+;. The van der Waals surface area contributed by atoms with E-state index in [0.717, 1.165) is 11.5 Å². The maximum atomic E-state index is 5.51. The Kier molecular flexibility index (Phi) is 7.08. The fourth-order valence-electron chi connectivity index (χ4n) is 0.961. The Morgan fingerprint density at radius 1 is 1.20 bits per heavy atom. The minimum atomic E-state index is 0.781. The predicted octanol–water partition coefficient (Wildman–Crippen LogP) is 4.49. The number of allylic oxidation sites excluding steroid dienone is 2. The highest BCUT2D eigenvalue weighted by molar-refractivity contribution is 5.29. The lowest BCUT2D eigenvalue weighted by molar-refractivity contribution is 0.443. The van der Waals surface area contributed by atoms with Crippen LogP contribution in [-0.2, 0) is 0 Å². The summed E-state index contributed by atoms with van der Waals surface area (Å²) in [5.41, 5.74) is 1.23. The van der Waals surface area contributed by atoms with Gasteiger partial charge >= 0.3 is 0 Å². The zero-order valence-electron chi connectivity index (χ0n) is 10.1. The summed E-state index contributed by atoms with van der Waals surface area (Å²) in [5, 5.41) is 0. The predicted molar refractivity (Wildman–Crippen MR) is 67.1 cm³/mol. The first-order chi connectivity index (χ1) is 7.26. The van der Waals surface area contributed by atoms with Gasteiger partial charge in [0.2, 0.25) is 0 Å². The molecule has 0 aliphatic rings. The summed E-state index contributed by atoms with van der Waals surface area (Å²) in [4.78, 5) is 0. The molecule has 0 radical (unpaired) electrons. The molecule has 82 valence electrons. The van der Waals surface area contributed by atoms with Gasteiger partial charge in [0.05, 0.1) is 0 Å². The number of rotatable bonds is 3. The molecule has 1 rings (SSSR count). The average molecular weight is 204 g/mol. The fourth-order valence-corrected chi connectivity index (χ4v) is 0.961. The highest BCUT2D eigenvalue weighted by Crippen LogP contribution is 2.14. The Hall–Kier alpha value is -1.50. The van der Waals surface area contributed by atoms with E-state index in [4.69, 9.17) is 4.74 Å². The lowest BCUT2D eigenvalue weighted by Crippen LogP contribution is -1.90. The number of ether oxygens (including phenoxy) is 1. The third kappa shape index (κ3) is 5.06. The van der Waals surface area contributed by atoms with Gasteiger partial charge < -0.3 is 4.74 Å². The van der Waals surface area contributed by atoms with Gasteiger partial charge in [-0.1, -0.05) is 38.1 Å². The molecule has 0 N–H and O–H groups in total. The molecule has 0 spiro atoms. The lowest BCUT2D eigenvalue weighted by atomic mass is 10.2. The van der Waals surface area contributed by atoms with E-state index < -0.39 is 0 Å². The van der Waals surface area contributed by atoms with Crippen molar-refractivity contribution in [1.29, 1.82) is 0 Å². The average Bonchev–Trinajstić information content (AvgIpc) is 2.31. The SMILES string of the molecule is C=C/C(=C\C)Oc1ccc(C)cc1.CC. The van der Waals surface area contributed by atoms with Crippen molar-refractivity contribution in [3.63, 3.8) is 0 Å². The van der Waals surface area contributed by atoms with Crippen LogP contribution in [0.4, 0.5) is 0 Å². The van der Waals surface area contributed by atoms with Crippen molar-refractivity contribution < 1.29 is 4.74 Å². The van der Waals surface area contributed by atoms with Crippen LogP contribution in [0.3, 0.4) is 0 Å². The second-order valence-electron chi connectivity index (χ2n) is 2.81. The molecule has 0 fully saturated rings. The third-order valence-corrected chi connectivity index (χ3v) is 1.74. The van der Waals surface area contributed by atoms with Gasteiger partial charge in [0.15, 0.2) is 0 Å². The largest absolute Gasteiger partial charge is 0.458 e. The normalized spacial score (nSPS) is 10.0. The van der Waals surface area contributed by atoms with Crippen LogP contribution in [0.15, 0.2) is 48.8 Å². The third-order valence-electron chi connectivity index (χ3n) is 1.74. The number of hydrogen-bond donors (Lipinski definition) is 0. The Morgan fingerprint density at radius 3 is 2.13 bits per heavy atom. The molecule has 0 amide bonds. The maximum Gasteiger partial charge on any atom is 0.127 e. The molecule has 0 aliphatic heterocycles. The van der Waals surface area contributed by atoms with E-state index in [1.54, 1.807) is 6.08 Å². The first kappa shape index (κ1) is 13.5. The Balaban J connectivity index is 0.000000921. The van der Waals surface area contributed by atoms with Crippen molar-refractivity contribution in [2.75, 3.05) is 0 Å². The van der Waals surface area contributed by atoms with Gasteiger partial charge in [-0.05, 0) is 38.1 Å². The molecular weight excluding hydrogens is 184 g/mol. The zero-order chi connectivity index (χ0) is 11.7. The molecule has 0 atom stereocenters. The minimum absolute atomic E-state index is 0.781. The van der Waals surface area contributed by atoms with Crippen LogP contribution in [0.1, 0.15) is 26.3 Å². The summed E-state index contributed by atoms with van der Waals surface area (Å²) in [5.74, 6) is 1.63. The van der Waals surface area contributed by atoms with Gasteiger partial charge in [0, 0.05) is 0 Å². The molecule has 0 saturated carbocycles. The van der Waals surface area contributed by atoms with Crippen LogP contribution >= 0.6 is 0 Å². The number of aryl methyl sites for hydroxylation is 1. The van der Waals surface area contributed by atoms with Crippen LogP contribution < -0.4 is 4.74 Å². The van der Waals surface area contributed by atoms with Gasteiger partial charge in [0.25, 0.3) is 0 Å². The molecular formula is C14H20O. The van der Waals surface area contributed by atoms with E-state index in [1.165, 1.54) is 5.56 Å². The molecule has 1 aromatic carbocycles.